The van der Waals surface area contributed by atoms with Crippen LogP contribution in [0.25, 0.3) is 22.6 Å². The molecule has 3 aromatic rings. The number of hydrogen-bond acceptors (Lipinski definition) is 5. The number of rotatable bonds is 6. The molecular weight excluding hydrogens is 390 g/mol. The number of likely N-dealkylation sites (tertiary alicyclic amines) is 1. The van der Waals surface area contributed by atoms with Crippen molar-refractivity contribution in [1.82, 2.24) is 18.8 Å². The standard InChI is InChI=1S/C21H26ClN5S/c1-25(14-15-26-12-6-3-7-13-26)18-10-11-23-20(19(18)22)21-24-16-8-4-5-9-17(16)27(21)28-2/h4-5,8-11H,3,6-7,12-15H2,1-2H3. The number of pyridine rings is 1. The van der Waals surface area contributed by atoms with Crippen LogP contribution in [0.2, 0.25) is 5.02 Å². The van der Waals surface area contributed by atoms with Gasteiger partial charge in [0, 0.05) is 32.6 Å². The minimum absolute atomic E-state index is 0.661. The van der Waals surface area contributed by atoms with E-state index in [0.717, 1.165) is 41.3 Å². The number of imidazole rings is 1. The Morgan fingerprint density at radius 1 is 1.14 bits per heavy atom. The molecule has 5 nitrogen and oxygen atoms in total. The van der Waals surface area contributed by atoms with Crippen LogP contribution in [0.5, 0.6) is 0 Å². The van der Waals surface area contributed by atoms with Gasteiger partial charge in [0.1, 0.15) is 5.69 Å². The summed E-state index contributed by atoms with van der Waals surface area (Å²) < 4.78 is 2.10. The van der Waals surface area contributed by atoms with E-state index in [1.807, 2.05) is 36.7 Å². The molecule has 0 saturated carbocycles. The Balaban J connectivity index is 1.62. The quantitative estimate of drug-likeness (QED) is 0.578. The van der Waals surface area contributed by atoms with Crippen molar-refractivity contribution in [2.75, 3.05) is 44.4 Å². The van der Waals surface area contributed by atoms with Crippen LogP contribution in [0.15, 0.2) is 36.5 Å². The maximum atomic E-state index is 6.84. The van der Waals surface area contributed by atoms with E-state index in [9.17, 15) is 0 Å². The van der Waals surface area contributed by atoms with E-state index in [2.05, 4.69) is 31.9 Å². The first-order valence-corrected chi connectivity index (χ1v) is 11.4. The van der Waals surface area contributed by atoms with Gasteiger partial charge in [0.05, 0.1) is 21.7 Å². The lowest BCUT2D eigenvalue weighted by Crippen LogP contribution is -2.36. The first-order chi connectivity index (χ1) is 13.7. The van der Waals surface area contributed by atoms with E-state index in [4.69, 9.17) is 16.6 Å². The average Bonchev–Trinajstić information content (AvgIpc) is 3.11. The zero-order valence-electron chi connectivity index (χ0n) is 16.4. The van der Waals surface area contributed by atoms with Crippen molar-refractivity contribution in [3.05, 3.63) is 41.6 Å². The van der Waals surface area contributed by atoms with Crippen molar-refractivity contribution in [3.63, 3.8) is 0 Å². The molecule has 0 bridgehead atoms. The Kier molecular flexibility index (Phi) is 6.09. The van der Waals surface area contributed by atoms with Gasteiger partial charge in [-0.15, -0.1) is 0 Å². The molecule has 0 spiro atoms. The fourth-order valence-corrected chi connectivity index (χ4v) is 4.81. The van der Waals surface area contributed by atoms with Crippen LogP contribution in [0.3, 0.4) is 0 Å². The molecule has 0 amide bonds. The number of piperidine rings is 1. The minimum Gasteiger partial charge on any atom is -0.372 e. The van der Waals surface area contributed by atoms with Crippen LogP contribution in [0, 0.1) is 0 Å². The van der Waals surface area contributed by atoms with Gasteiger partial charge >= 0.3 is 0 Å². The molecule has 28 heavy (non-hydrogen) atoms. The van der Waals surface area contributed by atoms with Crippen LogP contribution in [0.4, 0.5) is 5.69 Å². The normalized spacial score (nSPS) is 15.2. The van der Waals surface area contributed by atoms with E-state index in [1.165, 1.54) is 32.4 Å². The van der Waals surface area contributed by atoms with Crippen molar-refractivity contribution in [2.24, 2.45) is 0 Å². The van der Waals surface area contributed by atoms with Crippen LogP contribution in [-0.2, 0) is 0 Å². The molecular formula is C21H26ClN5S. The van der Waals surface area contributed by atoms with Gasteiger partial charge in [-0.2, -0.15) is 0 Å². The van der Waals surface area contributed by atoms with Gasteiger partial charge in [0.15, 0.2) is 5.82 Å². The maximum Gasteiger partial charge on any atom is 0.171 e. The molecule has 3 heterocycles. The Morgan fingerprint density at radius 2 is 1.93 bits per heavy atom. The monoisotopic (exact) mass is 415 g/mol. The Morgan fingerprint density at radius 3 is 2.71 bits per heavy atom. The predicted octanol–water partition coefficient (Wildman–Crippen LogP) is 4.80. The second-order valence-corrected chi connectivity index (χ2v) is 8.33. The van der Waals surface area contributed by atoms with Crippen molar-refractivity contribution in [2.45, 2.75) is 19.3 Å². The molecule has 2 aromatic heterocycles. The van der Waals surface area contributed by atoms with Crippen molar-refractivity contribution < 1.29 is 0 Å². The van der Waals surface area contributed by atoms with Gasteiger partial charge in [-0.1, -0.05) is 30.2 Å². The highest BCUT2D eigenvalue weighted by atomic mass is 35.5. The Hall–Kier alpha value is -1.76. The summed E-state index contributed by atoms with van der Waals surface area (Å²) in [5.41, 5.74) is 3.76. The molecule has 0 N–H and O–H groups in total. The minimum atomic E-state index is 0.661. The molecule has 1 aromatic carbocycles. The molecule has 1 saturated heterocycles. The number of halogens is 1. The Labute approximate surface area is 175 Å². The largest absolute Gasteiger partial charge is 0.372 e. The molecule has 1 fully saturated rings. The summed E-state index contributed by atoms with van der Waals surface area (Å²) in [6.07, 6.45) is 7.87. The second kappa shape index (κ2) is 8.72. The molecule has 148 valence electrons. The van der Waals surface area contributed by atoms with Crippen molar-refractivity contribution in [3.8, 4) is 11.5 Å². The number of benzene rings is 1. The first-order valence-electron chi connectivity index (χ1n) is 9.79. The van der Waals surface area contributed by atoms with Gasteiger partial charge in [-0.25, -0.2) is 4.98 Å². The lowest BCUT2D eigenvalue weighted by Gasteiger charge is -2.29. The smallest absolute Gasteiger partial charge is 0.171 e. The summed E-state index contributed by atoms with van der Waals surface area (Å²) in [4.78, 5) is 14.2. The molecule has 0 unspecified atom stereocenters. The predicted molar refractivity (Wildman–Crippen MR) is 120 cm³/mol. The summed E-state index contributed by atoms with van der Waals surface area (Å²) in [6, 6.07) is 10.1. The number of para-hydroxylation sites is 2. The molecule has 1 aliphatic heterocycles. The van der Waals surface area contributed by atoms with E-state index in [1.54, 1.807) is 11.9 Å². The SMILES string of the molecule is CSn1c(-c2nccc(N(C)CCN3CCCCC3)c2Cl)nc2ccccc21. The van der Waals surface area contributed by atoms with Crippen LogP contribution < -0.4 is 4.90 Å². The van der Waals surface area contributed by atoms with Gasteiger partial charge in [0.2, 0.25) is 0 Å². The lowest BCUT2D eigenvalue weighted by molar-refractivity contribution is 0.234. The zero-order valence-corrected chi connectivity index (χ0v) is 18.0. The molecule has 0 atom stereocenters. The third-order valence-electron chi connectivity index (χ3n) is 5.39. The third kappa shape index (κ3) is 3.86. The summed E-state index contributed by atoms with van der Waals surface area (Å²) in [7, 11) is 2.10. The summed E-state index contributed by atoms with van der Waals surface area (Å²) in [5, 5.41) is 0.661. The number of fused-ring (bicyclic) bond motifs is 1. The summed E-state index contributed by atoms with van der Waals surface area (Å²) in [6.45, 7) is 4.43. The fraction of sp³-hybridized carbons (Fsp3) is 0.429. The van der Waals surface area contributed by atoms with Gasteiger partial charge in [0.25, 0.3) is 0 Å². The van der Waals surface area contributed by atoms with Gasteiger partial charge in [-0.3, -0.25) is 8.96 Å². The number of anilines is 1. The van der Waals surface area contributed by atoms with Crippen molar-refractivity contribution >= 4 is 40.3 Å². The van der Waals surface area contributed by atoms with Gasteiger partial charge < -0.3 is 9.80 Å². The van der Waals surface area contributed by atoms with E-state index < -0.39 is 0 Å². The highest BCUT2D eigenvalue weighted by Crippen LogP contribution is 2.36. The number of aromatic nitrogens is 3. The number of likely N-dealkylation sites (N-methyl/N-ethyl adjacent to an activating group) is 1. The molecule has 1 aliphatic rings. The van der Waals surface area contributed by atoms with Crippen molar-refractivity contribution in [1.29, 1.82) is 0 Å². The molecule has 7 heteroatoms. The number of hydrogen-bond donors (Lipinski definition) is 0. The first kappa shape index (κ1) is 19.6. The average molecular weight is 416 g/mol. The van der Waals surface area contributed by atoms with E-state index >= 15 is 0 Å². The number of nitrogens with zero attached hydrogens (tertiary/aromatic N) is 5. The van der Waals surface area contributed by atoms with E-state index in [0.29, 0.717) is 5.02 Å². The fourth-order valence-electron chi connectivity index (χ4n) is 3.82. The summed E-state index contributed by atoms with van der Waals surface area (Å²) in [5.74, 6) is 0.796. The molecule has 4 rings (SSSR count). The van der Waals surface area contributed by atoms with Crippen LogP contribution in [-0.4, -0.2) is 58.3 Å². The topological polar surface area (TPSA) is 37.2 Å². The zero-order chi connectivity index (χ0) is 19.5. The van der Waals surface area contributed by atoms with E-state index in [-0.39, 0.29) is 0 Å². The third-order valence-corrected chi connectivity index (χ3v) is 6.50. The Bertz CT molecular complexity index is 951. The maximum absolute atomic E-state index is 6.84. The van der Waals surface area contributed by atoms with Gasteiger partial charge in [-0.05, 0) is 56.1 Å². The lowest BCUT2D eigenvalue weighted by atomic mass is 10.1. The summed E-state index contributed by atoms with van der Waals surface area (Å²) >= 11 is 8.45. The highest BCUT2D eigenvalue weighted by molar-refractivity contribution is 7.97. The molecule has 0 aliphatic carbocycles. The highest BCUT2D eigenvalue weighted by Gasteiger charge is 2.20. The van der Waals surface area contributed by atoms with Crippen LogP contribution in [0.1, 0.15) is 19.3 Å². The van der Waals surface area contributed by atoms with Crippen LogP contribution >= 0.6 is 23.5 Å². The second-order valence-electron chi connectivity index (χ2n) is 7.22. The molecule has 0 radical (unpaired) electrons.